The topological polar surface area (TPSA) is 80.9 Å². The molecule has 6 nitrogen and oxygen atoms in total. The highest BCUT2D eigenvalue weighted by atomic mass is 16.4. The molecule has 1 N–H and O–H groups in total. The zero-order chi connectivity index (χ0) is 12.9. The molecule has 3 atom stereocenters. The molecule has 1 aromatic rings. The van der Waals surface area contributed by atoms with Gasteiger partial charge in [0.15, 0.2) is 11.4 Å². The van der Waals surface area contributed by atoms with E-state index in [4.69, 9.17) is 0 Å². The number of aromatic nitrogens is 4. The van der Waals surface area contributed by atoms with Gasteiger partial charge in [0.2, 0.25) is 0 Å². The Morgan fingerprint density at radius 2 is 2.17 bits per heavy atom. The van der Waals surface area contributed by atoms with E-state index in [0.717, 1.165) is 5.82 Å². The van der Waals surface area contributed by atoms with Crippen molar-refractivity contribution in [1.29, 1.82) is 0 Å². The van der Waals surface area contributed by atoms with Crippen molar-refractivity contribution >= 4 is 5.97 Å². The molecule has 2 saturated carbocycles. The molecular formula is C12H18N4O2. The van der Waals surface area contributed by atoms with Gasteiger partial charge in [-0.25, -0.2) is 9.48 Å². The smallest absolute Gasteiger partial charge is 0.331 e. The largest absolute Gasteiger partial charge is 0.479 e. The van der Waals surface area contributed by atoms with Crippen LogP contribution >= 0.6 is 0 Å². The van der Waals surface area contributed by atoms with Crippen molar-refractivity contribution in [3.05, 3.63) is 5.82 Å². The van der Waals surface area contributed by atoms with Crippen LogP contribution in [0.3, 0.4) is 0 Å². The van der Waals surface area contributed by atoms with Gasteiger partial charge < -0.3 is 5.11 Å². The Labute approximate surface area is 105 Å². The van der Waals surface area contributed by atoms with Crippen molar-refractivity contribution in [2.75, 3.05) is 0 Å². The predicted octanol–water partition coefficient (Wildman–Crippen LogP) is 1.40. The Kier molecular flexibility index (Phi) is 2.43. The van der Waals surface area contributed by atoms with E-state index >= 15 is 0 Å². The molecule has 3 rings (SSSR count). The number of hydrogen-bond donors (Lipinski definition) is 1. The molecule has 0 spiro atoms. The fourth-order valence-electron chi connectivity index (χ4n) is 3.35. The van der Waals surface area contributed by atoms with Crippen LogP contribution < -0.4 is 0 Å². The standard InChI is InChI=1S/C12H18N4O2/c1-3-12(2,11(17)18)16-10(13-14-15-16)9-7-5-4-6-8(7)9/h7-9H,3-6H2,1-2H3,(H,17,18). The third-order valence-electron chi connectivity index (χ3n) is 4.81. The number of hydrogen-bond acceptors (Lipinski definition) is 4. The molecule has 2 aliphatic carbocycles. The first kappa shape index (κ1) is 11.6. The summed E-state index contributed by atoms with van der Waals surface area (Å²) < 4.78 is 1.54. The highest BCUT2D eigenvalue weighted by Gasteiger charge is 2.57. The second-order valence-electron chi connectivity index (χ2n) is 5.67. The number of fused-ring (bicyclic) bond motifs is 1. The molecule has 0 aliphatic heterocycles. The number of carboxylic acids is 1. The van der Waals surface area contributed by atoms with Gasteiger partial charge in [-0.15, -0.1) is 5.10 Å². The summed E-state index contributed by atoms with van der Waals surface area (Å²) in [4.78, 5) is 11.5. The SMILES string of the molecule is CCC(C)(C(=O)O)n1nnnc1C1C2CCCC21. The fraction of sp³-hybridized carbons (Fsp3) is 0.833. The highest BCUT2D eigenvalue weighted by molar-refractivity contribution is 5.76. The van der Waals surface area contributed by atoms with Crippen molar-refractivity contribution < 1.29 is 9.90 Å². The molecule has 98 valence electrons. The maximum atomic E-state index is 11.5. The molecular weight excluding hydrogens is 232 g/mol. The Morgan fingerprint density at radius 1 is 1.50 bits per heavy atom. The van der Waals surface area contributed by atoms with Crippen LogP contribution in [-0.2, 0) is 10.3 Å². The summed E-state index contributed by atoms with van der Waals surface area (Å²) in [6.07, 6.45) is 4.23. The van der Waals surface area contributed by atoms with E-state index in [9.17, 15) is 9.90 Å². The molecule has 2 fully saturated rings. The number of carboxylic acid groups (broad SMARTS) is 1. The molecule has 0 aromatic carbocycles. The number of aliphatic carboxylic acids is 1. The fourth-order valence-corrected chi connectivity index (χ4v) is 3.35. The lowest BCUT2D eigenvalue weighted by Gasteiger charge is -2.24. The minimum atomic E-state index is -1.03. The zero-order valence-electron chi connectivity index (χ0n) is 10.7. The van der Waals surface area contributed by atoms with Gasteiger partial charge in [0.05, 0.1) is 0 Å². The third kappa shape index (κ3) is 1.41. The summed E-state index contributed by atoms with van der Waals surface area (Å²) in [5, 5.41) is 21.2. The molecule has 0 bridgehead atoms. The van der Waals surface area contributed by atoms with Gasteiger partial charge in [-0.2, -0.15) is 0 Å². The van der Waals surface area contributed by atoms with Crippen molar-refractivity contribution in [1.82, 2.24) is 20.2 Å². The second kappa shape index (κ2) is 3.76. The Morgan fingerprint density at radius 3 is 2.72 bits per heavy atom. The Hall–Kier alpha value is -1.46. The average molecular weight is 250 g/mol. The molecule has 1 heterocycles. The van der Waals surface area contributed by atoms with Crippen molar-refractivity contribution in [3.63, 3.8) is 0 Å². The van der Waals surface area contributed by atoms with Crippen LogP contribution in [-0.4, -0.2) is 31.3 Å². The van der Waals surface area contributed by atoms with Crippen molar-refractivity contribution in [2.24, 2.45) is 11.8 Å². The number of nitrogens with zero attached hydrogens (tertiary/aromatic N) is 4. The van der Waals surface area contributed by atoms with E-state index in [1.807, 2.05) is 6.92 Å². The predicted molar refractivity (Wildman–Crippen MR) is 63.0 cm³/mol. The zero-order valence-corrected chi connectivity index (χ0v) is 10.7. The summed E-state index contributed by atoms with van der Waals surface area (Å²) in [5.74, 6) is 1.66. The van der Waals surface area contributed by atoms with Crippen LogP contribution in [0, 0.1) is 11.8 Å². The summed E-state index contributed by atoms with van der Waals surface area (Å²) in [5.41, 5.74) is -1.03. The molecule has 6 heteroatoms. The van der Waals surface area contributed by atoms with Crippen LogP contribution in [0.2, 0.25) is 0 Å². The van der Waals surface area contributed by atoms with E-state index in [1.165, 1.54) is 23.9 Å². The van der Waals surface area contributed by atoms with Gasteiger partial charge >= 0.3 is 5.97 Å². The first-order chi connectivity index (χ1) is 8.59. The average Bonchev–Trinajstić information content (AvgIpc) is 2.81. The van der Waals surface area contributed by atoms with Gasteiger partial charge in [-0.1, -0.05) is 13.3 Å². The molecule has 18 heavy (non-hydrogen) atoms. The van der Waals surface area contributed by atoms with Crippen LogP contribution in [0.4, 0.5) is 0 Å². The van der Waals surface area contributed by atoms with Crippen LogP contribution in [0.5, 0.6) is 0 Å². The molecule has 1 aromatic heterocycles. The normalized spacial score (nSPS) is 32.9. The highest BCUT2D eigenvalue weighted by Crippen LogP contribution is 2.62. The van der Waals surface area contributed by atoms with Crippen LogP contribution in [0.25, 0.3) is 0 Å². The van der Waals surface area contributed by atoms with E-state index in [-0.39, 0.29) is 0 Å². The lowest BCUT2D eigenvalue weighted by molar-refractivity contribution is -0.147. The van der Waals surface area contributed by atoms with Gasteiger partial charge in [-0.3, -0.25) is 0 Å². The summed E-state index contributed by atoms with van der Waals surface area (Å²) in [6, 6.07) is 0. The minimum Gasteiger partial charge on any atom is -0.479 e. The summed E-state index contributed by atoms with van der Waals surface area (Å²) in [7, 11) is 0. The number of carbonyl (C=O) groups is 1. The molecule has 2 aliphatic rings. The van der Waals surface area contributed by atoms with E-state index in [1.54, 1.807) is 6.92 Å². The van der Waals surface area contributed by atoms with E-state index in [2.05, 4.69) is 15.5 Å². The first-order valence-corrected chi connectivity index (χ1v) is 6.61. The lowest BCUT2D eigenvalue weighted by Crippen LogP contribution is -2.40. The maximum absolute atomic E-state index is 11.5. The van der Waals surface area contributed by atoms with Crippen LogP contribution in [0.1, 0.15) is 51.3 Å². The van der Waals surface area contributed by atoms with Crippen LogP contribution in [0.15, 0.2) is 0 Å². The van der Waals surface area contributed by atoms with Gasteiger partial charge in [0.1, 0.15) is 0 Å². The molecule has 0 radical (unpaired) electrons. The summed E-state index contributed by atoms with van der Waals surface area (Å²) in [6.45, 7) is 3.54. The van der Waals surface area contributed by atoms with Gasteiger partial charge in [-0.05, 0) is 48.4 Å². The molecule has 0 amide bonds. The third-order valence-corrected chi connectivity index (χ3v) is 4.81. The lowest BCUT2D eigenvalue weighted by atomic mass is 9.99. The molecule has 3 unspecified atom stereocenters. The number of tetrazole rings is 1. The van der Waals surface area contributed by atoms with Crippen molar-refractivity contribution in [3.8, 4) is 0 Å². The van der Waals surface area contributed by atoms with Gasteiger partial charge in [0.25, 0.3) is 0 Å². The van der Waals surface area contributed by atoms with E-state index < -0.39 is 11.5 Å². The quantitative estimate of drug-likeness (QED) is 0.873. The van der Waals surface area contributed by atoms with Gasteiger partial charge in [0, 0.05) is 5.92 Å². The van der Waals surface area contributed by atoms with E-state index in [0.29, 0.717) is 24.2 Å². The monoisotopic (exact) mass is 250 g/mol. The molecule has 0 saturated heterocycles. The minimum absolute atomic E-state index is 0.388. The van der Waals surface area contributed by atoms with Crippen molar-refractivity contribution in [2.45, 2.75) is 51.0 Å². The first-order valence-electron chi connectivity index (χ1n) is 6.61. The Balaban J connectivity index is 1.94. The number of rotatable bonds is 4. The Bertz CT molecular complexity index is 476. The summed E-state index contributed by atoms with van der Waals surface area (Å²) >= 11 is 0. The second-order valence-corrected chi connectivity index (χ2v) is 5.67. The maximum Gasteiger partial charge on any atom is 0.331 e.